The van der Waals surface area contributed by atoms with Crippen molar-refractivity contribution in [2.75, 3.05) is 39.6 Å². The van der Waals surface area contributed by atoms with Crippen LogP contribution in [0.5, 0.6) is 0 Å². The topological polar surface area (TPSA) is 237 Å². The molecule has 0 aliphatic carbocycles. The number of phosphoric acid groups is 2. The highest BCUT2D eigenvalue weighted by Crippen LogP contribution is 2.45. The lowest BCUT2D eigenvalue weighted by molar-refractivity contribution is -0.161. The van der Waals surface area contributed by atoms with Gasteiger partial charge in [-0.05, 0) is 51.4 Å². The van der Waals surface area contributed by atoms with Crippen LogP contribution < -0.4 is 0 Å². The number of carbonyl (C=O) groups excluding carboxylic acids is 4. The molecule has 0 fully saturated rings. The Kier molecular flexibility index (Phi) is 65.8. The van der Waals surface area contributed by atoms with Gasteiger partial charge in [0.25, 0.3) is 0 Å². The lowest BCUT2D eigenvalue weighted by Gasteiger charge is -2.21. The predicted molar refractivity (Wildman–Crippen MR) is 372 cm³/mol. The van der Waals surface area contributed by atoms with E-state index in [-0.39, 0.29) is 25.7 Å². The van der Waals surface area contributed by atoms with Crippen molar-refractivity contribution >= 4 is 39.5 Å². The second-order valence-electron chi connectivity index (χ2n) is 26.0. The van der Waals surface area contributed by atoms with Crippen molar-refractivity contribution in [2.24, 2.45) is 0 Å². The maximum absolute atomic E-state index is 13.0. The summed E-state index contributed by atoms with van der Waals surface area (Å²) in [6, 6.07) is 0. The molecule has 3 N–H and O–H groups in total. The van der Waals surface area contributed by atoms with E-state index in [9.17, 15) is 43.2 Å². The molecule has 0 saturated carbocycles. The molecule has 5 unspecified atom stereocenters. The summed E-state index contributed by atoms with van der Waals surface area (Å²) in [6.45, 7) is 4.93. The van der Waals surface area contributed by atoms with Gasteiger partial charge in [-0.15, -0.1) is 0 Å². The molecule has 5 atom stereocenters. The summed E-state index contributed by atoms with van der Waals surface area (Å²) >= 11 is 0. The summed E-state index contributed by atoms with van der Waals surface area (Å²) in [4.78, 5) is 72.7. The van der Waals surface area contributed by atoms with E-state index in [2.05, 4.69) is 39.8 Å². The lowest BCUT2D eigenvalue weighted by Crippen LogP contribution is -2.30. The maximum Gasteiger partial charge on any atom is 0.472 e. The minimum Gasteiger partial charge on any atom is -0.462 e. The number of aliphatic hydroxyl groups is 1. The fourth-order valence-corrected chi connectivity index (χ4v) is 12.5. The highest BCUT2D eigenvalue weighted by atomic mass is 31.2. The third-order valence-corrected chi connectivity index (χ3v) is 18.7. The van der Waals surface area contributed by atoms with Crippen molar-refractivity contribution in [1.29, 1.82) is 0 Å². The van der Waals surface area contributed by atoms with Crippen molar-refractivity contribution < 1.29 is 80.2 Å². The molecule has 0 aliphatic heterocycles. The molecule has 92 heavy (non-hydrogen) atoms. The van der Waals surface area contributed by atoms with Gasteiger partial charge in [-0.1, -0.05) is 310 Å². The number of hydrogen-bond acceptors (Lipinski definition) is 15. The fourth-order valence-electron chi connectivity index (χ4n) is 10.9. The molecule has 0 aromatic carbocycles. The average Bonchev–Trinajstić information content (AvgIpc) is 3.33. The third-order valence-electron chi connectivity index (χ3n) is 16.8. The Morgan fingerprint density at radius 1 is 0.293 bits per heavy atom. The number of unbranched alkanes of at least 4 members (excludes halogenated alkanes) is 45. The van der Waals surface area contributed by atoms with Crippen LogP contribution in [-0.4, -0.2) is 96.7 Å². The number of aliphatic hydroxyl groups excluding tert-OH is 1. The molecule has 0 aromatic heterocycles. The van der Waals surface area contributed by atoms with E-state index < -0.39 is 97.5 Å². The molecule has 0 rings (SSSR count). The normalized spacial score (nSPS) is 14.0. The summed E-state index contributed by atoms with van der Waals surface area (Å²) < 4.78 is 68.4. The Morgan fingerprint density at radius 2 is 0.500 bits per heavy atom. The van der Waals surface area contributed by atoms with Crippen LogP contribution in [-0.2, 0) is 65.4 Å². The minimum absolute atomic E-state index is 0.104. The van der Waals surface area contributed by atoms with Crippen LogP contribution in [0.1, 0.15) is 374 Å². The van der Waals surface area contributed by atoms with E-state index >= 15 is 0 Å². The Bertz CT molecular complexity index is 1800. The van der Waals surface area contributed by atoms with Crippen LogP contribution in [0.25, 0.3) is 0 Å². The van der Waals surface area contributed by atoms with Crippen molar-refractivity contribution in [3.63, 3.8) is 0 Å². The molecule has 0 bridgehead atoms. The van der Waals surface area contributed by atoms with Gasteiger partial charge < -0.3 is 33.8 Å². The lowest BCUT2D eigenvalue weighted by atomic mass is 10.0. The molecule has 544 valence electrons. The van der Waals surface area contributed by atoms with Gasteiger partial charge in [0.05, 0.1) is 26.4 Å². The molecular formula is C73H140O17P2. The second-order valence-corrected chi connectivity index (χ2v) is 28.9. The van der Waals surface area contributed by atoms with Gasteiger partial charge >= 0.3 is 39.5 Å². The first-order chi connectivity index (χ1) is 44.7. The molecule has 0 radical (unpaired) electrons. The van der Waals surface area contributed by atoms with E-state index in [1.54, 1.807) is 0 Å². The van der Waals surface area contributed by atoms with Crippen LogP contribution in [0, 0.1) is 0 Å². The average molecular weight is 1350 g/mol. The minimum atomic E-state index is -4.96. The molecule has 19 heteroatoms. The van der Waals surface area contributed by atoms with Crippen LogP contribution in [0.3, 0.4) is 0 Å². The van der Waals surface area contributed by atoms with Crippen molar-refractivity contribution in [3.8, 4) is 0 Å². The number of carbonyl (C=O) groups is 4. The summed E-state index contributed by atoms with van der Waals surface area (Å²) in [5.41, 5.74) is 0. The monoisotopic (exact) mass is 1350 g/mol. The van der Waals surface area contributed by atoms with Crippen LogP contribution in [0.2, 0.25) is 0 Å². The highest BCUT2D eigenvalue weighted by Gasteiger charge is 2.30. The van der Waals surface area contributed by atoms with Crippen LogP contribution >= 0.6 is 15.6 Å². The Balaban J connectivity index is 5.25. The largest absolute Gasteiger partial charge is 0.472 e. The molecule has 0 amide bonds. The summed E-state index contributed by atoms with van der Waals surface area (Å²) in [7, 11) is -9.91. The highest BCUT2D eigenvalue weighted by molar-refractivity contribution is 7.47. The first kappa shape index (κ1) is 89.8. The Hall–Kier alpha value is -2.20. The zero-order valence-electron chi connectivity index (χ0n) is 59.3. The number of phosphoric ester groups is 2. The fraction of sp³-hybridized carbons (Fsp3) is 0.918. The van der Waals surface area contributed by atoms with E-state index in [4.69, 9.17) is 37.0 Å². The van der Waals surface area contributed by atoms with Gasteiger partial charge in [-0.25, -0.2) is 9.13 Å². The van der Waals surface area contributed by atoms with Crippen LogP contribution in [0.4, 0.5) is 0 Å². The molecular weight excluding hydrogens is 1210 g/mol. The van der Waals surface area contributed by atoms with Gasteiger partial charge in [-0.3, -0.25) is 37.3 Å². The van der Waals surface area contributed by atoms with Crippen molar-refractivity contribution in [2.45, 2.75) is 393 Å². The smallest absolute Gasteiger partial charge is 0.462 e. The quantitative estimate of drug-likeness (QED) is 0.0169. The molecule has 17 nitrogen and oxygen atoms in total. The standard InChI is InChI=1S/C73H140O17P2/c1-5-9-13-17-21-25-29-32-33-36-39-42-46-50-54-58-71(76)84-63-68(89-72(77)59-55-51-47-43-37-28-24-20-16-12-8-4)65-87-91(79,80)85-61-67(74)62-86-92(81,82)88-66-69(90-73(78)60-56-52-48-44-40-35-31-27-23-19-15-11-7-3)64-83-70(75)57-53-49-45-41-38-34-30-26-22-18-14-10-6-2/h26,30,67-69,74H,5-25,27-29,31-66H2,1-4H3,(H,79,80)(H,81,82)/b30-26-. The van der Waals surface area contributed by atoms with Gasteiger partial charge in [-0.2, -0.15) is 0 Å². The van der Waals surface area contributed by atoms with E-state index in [1.807, 2.05) is 0 Å². The Labute approximate surface area is 561 Å². The van der Waals surface area contributed by atoms with Gasteiger partial charge in [0.1, 0.15) is 19.3 Å². The number of esters is 4. The zero-order chi connectivity index (χ0) is 67.5. The molecule has 0 spiro atoms. The summed E-state index contributed by atoms with van der Waals surface area (Å²) in [5, 5.41) is 10.6. The summed E-state index contributed by atoms with van der Waals surface area (Å²) in [6.07, 6.45) is 57.7. The van der Waals surface area contributed by atoms with Gasteiger partial charge in [0.15, 0.2) is 12.2 Å². The third kappa shape index (κ3) is 66.4. The molecule has 0 aromatic rings. The molecule has 0 saturated heterocycles. The predicted octanol–water partition coefficient (Wildman–Crippen LogP) is 21.2. The first-order valence-electron chi connectivity index (χ1n) is 37.9. The SMILES string of the molecule is CCCCCC/C=C\CCCCCCCC(=O)OCC(COP(=O)(O)OCC(O)COP(=O)(O)OCC(COC(=O)CCCCCCCCCCCCCCCCC)OC(=O)CCCCCCCCCCCCC)OC(=O)CCCCCCCCCCCCCCC. The van der Waals surface area contributed by atoms with E-state index in [0.29, 0.717) is 25.7 Å². The number of ether oxygens (including phenoxy) is 4. The Morgan fingerprint density at radius 3 is 0.761 bits per heavy atom. The van der Waals surface area contributed by atoms with Crippen molar-refractivity contribution in [3.05, 3.63) is 12.2 Å². The van der Waals surface area contributed by atoms with E-state index in [1.165, 1.54) is 186 Å². The number of allylic oxidation sites excluding steroid dienone is 2. The zero-order valence-corrected chi connectivity index (χ0v) is 61.1. The number of rotatable bonds is 73. The van der Waals surface area contributed by atoms with E-state index in [0.717, 1.165) is 109 Å². The molecule has 0 heterocycles. The van der Waals surface area contributed by atoms with Gasteiger partial charge in [0.2, 0.25) is 0 Å². The first-order valence-corrected chi connectivity index (χ1v) is 40.9. The molecule has 0 aliphatic rings. The van der Waals surface area contributed by atoms with Gasteiger partial charge in [0, 0.05) is 25.7 Å². The second kappa shape index (κ2) is 67.4. The van der Waals surface area contributed by atoms with Crippen molar-refractivity contribution in [1.82, 2.24) is 0 Å². The van der Waals surface area contributed by atoms with Crippen LogP contribution in [0.15, 0.2) is 12.2 Å². The summed E-state index contributed by atoms with van der Waals surface area (Å²) in [5.74, 6) is -2.13. The maximum atomic E-state index is 13.0. The number of hydrogen-bond donors (Lipinski definition) is 3.